The first kappa shape index (κ1) is 23.4. The molecule has 0 saturated heterocycles. The van der Waals surface area contributed by atoms with Crippen molar-refractivity contribution < 1.29 is 14.2 Å². The first-order valence-electron chi connectivity index (χ1n) is 11.7. The molecule has 34 heavy (non-hydrogen) atoms. The highest BCUT2D eigenvalue weighted by Crippen LogP contribution is 2.29. The minimum atomic E-state index is 0.367. The SMILES string of the molecule is C=CCc1ccc(OCc2nc3ccccc3n2CCCCOc2cccc(C)c2)c(OC)c1. The largest absolute Gasteiger partial charge is 0.494 e. The molecule has 0 aliphatic rings. The number of ether oxygens (including phenoxy) is 3. The Morgan fingerprint density at radius 2 is 1.82 bits per heavy atom. The Bertz CT molecular complexity index is 1250. The molecule has 1 heterocycles. The zero-order chi connectivity index (χ0) is 23.8. The predicted molar refractivity (Wildman–Crippen MR) is 137 cm³/mol. The second-order valence-corrected chi connectivity index (χ2v) is 8.31. The van der Waals surface area contributed by atoms with Crippen molar-refractivity contribution in [2.24, 2.45) is 0 Å². The van der Waals surface area contributed by atoms with Crippen molar-refractivity contribution in [3.8, 4) is 17.2 Å². The summed E-state index contributed by atoms with van der Waals surface area (Å²) in [5, 5.41) is 0. The number of hydrogen-bond acceptors (Lipinski definition) is 4. The van der Waals surface area contributed by atoms with Crippen LogP contribution in [-0.4, -0.2) is 23.3 Å². The Labute approximate surface area is 201 Å². The summed E-state index contributed by atoms with van der Waals surface area (Å²) in [4.78, 5) is 4.84. The van der Waals surface area contributed by atoms with Crippen LogP contribution in [0.25, 0.3) is 11.0 Å². The van der Waals surface area contributed by atoms with E-state index in [1.807, 2.05) is 54.6 Å². The fraction of sp³-hybridized carbons (Fsp3) is 0.276. The van der Waals surface area contributed by atoms with Gasteiger partial charge < -0.3 is 18.8 Å². The zero-order valence-electron chi connectivity index (χ0n) is 20.0. The summed E-state index contributed by atoms with van der Waals surface area (Å²) >= 11 is 0. The van der Waals surface area contributed by atoms with Gasteiger partial charge in [0.25, 0.3) is 0 Å². The van der Waals surface area contributed by atoms with E-state index in [-0.39, 0.29) is 0 Å². The van der Waals surface area contributed by atoms with Gasteiger partial charge in [0.15, 0.2) is 11.5 Å². The summed E-state index contributed by atoms with van der Waals surface area (Å²) in [7, 11) is 1.66. The van der Waals surface area contributed by atoms with E-state index in [9.17, 15) is 0 Å². The first-order valence-corrected chi connectivity index (χ1v) is 11.7. The first-order chi connectivity index (χ1) is 16.7. The lowest BCUT2D eigenvalue weighted by molar-refractivity contribution is 0.269. The van der Waals surface area contributed by atoms with Crippen LogP contribution in [0, 0.1) is 6.92 Å². The number of rotatable bonds is 12. The smallest absolute Gasteiger partial charge is 0.161 e. The second kappa shape index (κ2) is 11.4. The molecule has 1 aromatic heterocycles. The number of nitrogens with zero attached hydrogens (tertiary/aromatic N) is 2. The van der Waals surface area contributed by atoms with Crippen LogP contribution in [0.1, 0.15) is 29.8 Å². The number of hydrogen-bond donors (Lipinski definition) is 0. The molecular formula is C29H32N2O3. The van der Waals surface area contributed by atoms with Gasteiger partial charge in [-0.1, -0.05) is 36.4 Å². The molecule has 0 aliphatic heterocycles. The number of fused-ring (bicyclic) bond motifs is 1. The molecule has 0 aliphatic carbocycles. The van der Waals surface area contributed by atoms with Crippen molar-refractivity contribution in [2.75, 3.05) is 13.7 Å². The Morgan fingerprint density at radius 1 is 0.941 bits per heavy atom. The van der Waals surface area contributed by atoms with E-state index < -0.39 is 0 Å². The summed E-state index contributed by atoms with van der Waals surface area (Å²) in [5.74, 6) is 3.25. The van der Waals surface area contributed by atoms with E-state index in [0.29, 0.717) is 19.0 Å². The van der Waals surface area contributed by atoms with Gasteiger partial charge in [-0.25, -0.2) is 4.98 Å². The summed E-state index contributed by atoms with van der Waals surface area (Å²) in [6.45, 7) is 7.79. The maximum atomic E-state index is 6.16. The number of aryl methyl sites for hydroxylation is 2. The lowest BCUT2D eigenvalue weighted by atomic mass is 10.1. The van der Waals surface area contributed by atoms with Gasteiger partial charge in [-0.15, -0.1) is 6.58 Å². The van der Waals surface area contributed by atoms with Crippen LogP contribution in [0.3, 0.4) is 0 Å². The standard InChI is InChI=1S/C29H32N2O3/c1-4-10-23-15-16-27(28(20-23)32-3)34-21-29-30-25-13-5-6-14-26(25)31(29)17-7-8-18-33-24-12-9-11-22(2)19-24/h4-6,9,11-16,19-20H,1,7-8,10,17-18,21H2,2-3H3. The normalized spacial score (nSPS) is 10.9. The molecule has 0 radical (unpaired) electrons. The van der Waals surface area contributed by atoms with Gasteiger partial charge >= 0.3 is 0 Å². The van der Waals surface area contributed by atoms with Crippen LogP contribution in [0.4, 0.5) is 0 Å². The van der Waals surface area contributed by atoms with Crippen molar-refractivity contribution >= 4 is 11.0 Å². The highest BCUT2D eigenvalue weighted by atomic mass is 16.5. The molecule has 0 fully saturated rings. The van der Waals surface area contributed by atoms with Crippen molar-refractivity contribution in [2.45, 2.75) is 39.3 Å². The highest BCUT2D eigenvalue weighted by molar-refractivity contribution is 5.75. The monoisotopic (exact) mass is 456 g/mol. The van der Waals surface area contributed by atoms with Crippen LogP contribution in [0.15, 0.2) is 79.4 Å². The number of allylic oxidation sites excluding steroid dienone is 1. The van der Waals surface area contributed by atoms with E-state index in [2.05, 4.69) is 36.3 Å². The van der Waals surface area contributed by atoms with Crippen molar-refractivity contribution in [1.82, 2.24) is 9.55 Å². The average Bonchev–Trinajstić information content (AvgIpc) is 3.20. The Balaban J connectivity index is 1.41. The van der Waals surface area contributed by atoms with Gasteiger partial charge in [0, 0.05) is 6.54 Å². The minimum absolute atomic E-state index is 0.367. The maximum absolute atomic E-state index is 6.16. The number of para-hydroxylation sites is 2. The van der Waals surface area contributed by atoms with Gasteiger partial charge in [-0.2, -0.15) is 0 Å². The van der Waals surface area contributed by atoms with Gasteiger partial charge in [0.1, 0.15) is 18.2 Å². The van der Waals surface area contributed by atoms with Gasteiger partial charge in [0.05, 0.1) is 24.8 Å². The molecule has 5 heteroatoms. The summed E-state index contributed by atoms with van der Waals surface area (Å²) in [5.41, 5.74) is 4.44. The zero-order valence-corrected chi connectivity index (χ0v) is 20.0. The molecule has 0 amide bonds. The van der Waals surface area contributed by atoms with E-state index in [1.165, 1.54) is 5.56 Å². The third-order valence-corrected chi connectivity index (χ3v) is 5.73. The van der Waals surface area contributed by atoms with Crippen molar-refractivity contribution in [3.63, 3.8) is 0 Å². The highest BCUT2D eigenvalue weighted by Gasteiger charge is 2.13. The average molecular weight is 457 g/mol. The van der Waals surface area contributed by atoms with Crippen LogP contribution < -0.4 is 14.2 Å². The van der Waals surface area contributed by atoms with E-state index >= 15 is 0 Å². The molecule has 4 aromatic rings. The van der Waals surface area contributed by atoms with Gasteiger partial charge in [0.2, 0.25) is 0 Å². The molecular weight excluding hydrogens is 424 g/mol. The van der Waals surface area contributed by atoms with E-state index in [4.69, 9.17) is 19.2 Å². The van der Waals surface area contributed by atoms with Crippen LogP contribution >= 0.6 is 0 Å². The van der Waals surface area contributed by atoms with Crippen LogP contribution in [0.5, 0.6) is 17.2 Å². The quantitative estimate of drug-likeness (QED) is 0.180. The Hall–Kier alpha value is -3.73. The van der Waals surface area contributed by atoms with Crippen LogP contribution in [0.2, 0.25) is 0 Å². The lowest BCUT2D eigenvalue weighted by Crippen LogP contribution is -2.09. The number of imidazole rings is 1. The maximum Gasteiger partial charge on any atom is 0.161 e. The number of benzene rings is 3. The number of methoxy groups -OCH3 is 1. The number of aromatic nitrogens is 2. The van der Waals surface area contributed by atoms with Gasteiger partial charge in [-0.05, 0) is 73.7 Å². The Morgan fingerprint density at radius 3 is 2.65 bits per heavy atom. The topological polar surface area (TPSA) is 45.5 Å². The predicted octanol–water partition coefficient (Wildman–Crippen LogP) is 6.52. The fourth-order valence-electron chi connectivity index (χ4n) is 4.02. The van der Waals surface area contributed by atoms with Crippen LogP contribution in [-0.2, 0) is 19.6 Å². The van der Waals surface area contributed by atoms with Gasteiger partial charge in [-0.3, -0.25) is 0 Å². The lowest BCUT2D eigenvalue weighted by Gasteiger charge is -2.13. The third kappa shape index (κ3) is 5.79. The summed E-state index contributed by atoms with van der Waals surface area (Å²) in [6.07, 6.45) is 4.61. The summed E-state index contributed by atoms with van der Waals surface area (Å²) < 4.78 is 19.9. The molecule has 5 nitrogen and oxygen atoms in total. The van der Waals surface area contributed by atoms with E-state index in [1.54, 1.807) is 7.11 Å². The molecule has 0 saturated carbocycles. The molecule has 0 spiro atoms. The molecule has 0 atom stereocenters. The Kier molecular flexibility index (Phi) is 7.87. The molecule has 3 aromatic carbocycles. The molecule has 0 bridgehead atoms. The molecule has 0 unspecified atom stereocenters. The summed E-state index contributed by atoms with van der Waals surface area (Å²) in [6, 6.07) is 22.4. The third-order valence-electron chi connectivity index (χ3n) is 5.73. The van der Waals surface area contributed by atoms with Crippen molar-refractivity contribution in [3.05, 3.63) is 96.3 Å². The van der Waals surface area contributed by atoms with E-state index in [0.717, 1.165) is 59.7 Å². The molecule has 0 N–H and O–H groups in total. The molecule has 4 rings (SSSR count). The number of unbranched alkanes of at least 4 members (excludes halogenated alkanes) is 1. The minimum Gasteiger partial charge on any atom is -0.494 e. The molecule has 176 valence electrons. The fourth-order valence-corrected chi connectivity index (χ4v) is 4.02. The second-order valence-electron chi connectivity index (χ2n) is 8.31. The van der Waals surface area contributed by atoms with Crippen molar-refractivity contribution in [1.29, 1.82) is 0 Å².